The van der Waals surface area contributed by atoms with E-state index in [1.807, 2.05) is 0 Å². The SMILES string of the molecule is O=c1ccc(-c2ccc(OC(F)F)cc2)nn1Cc1cncc(F)c1. The summed E-state index contributed by atoms with van der Waals surface area (Å²) in [7, 11) is 0. The van der Waals surface area contributed by atoms with Crippen molar-refractivity contribution in [1.29, 1.82) is 0 Å². The number of rotatable bonds is 5. The highest BCUT2D eigenvalue weighted by Gasteiger charge is 2.07. The maximum Gasteiger partial charge on any atom is 0.387 e. The van der Waals surface area contributed by atoms with Gasteiger partial charge in [-0.3, -0.25) is 9.78 Å². The molecule has 0 amide bonds. The summed E-state index contributed by atoms with van der Waals surface area (Å²) in [6.45, 7) is -2.84. The number of hydrogen-bond acceptors (Lipinski definition) is 4. The molecule has 0 saturated heterocycles. The molecule has 128 valence electrons. The third-order valence-corrected chi connectivity index (χ3v) is 3.34. The van der Waals surface area contributed by atoms with Crippen LogP contribution in [-0.2, 0) is 6.54 Å². The van der Waals surface area contributed by atoms with Crippen molar-refractivity contribution < 1.29 is 17.9 Å². The standard InChI is InChI=1S/C17H12F3N3O2/c18-13-7-11(8-21-9-13)10-23-16(24)6-5-15(22-23)12-1-3-14(4-2-12)25-17(19)20/h1-9,17H,10H2. The van der Waals surface area contributed by atoms with Gasteiger partial charge < -0.3 is 4.74 Å². The van der Waals surface area contributed by atoms with Gasteiger partial charge in [0.15, 0.2) is 0 Å². The van der Waals surface area contributed by atoms with E-state index in [2.05, 4.69) is 14.8 Å². The first kappa shape index (κ1) is 16.7. The van der Waals surface area contributed by atoms with Crippen molar-refractivity contribution in [3.8, 4) is 17.0 Å². The average Bonchev–Trinajstić information content (AvgIpc) is 2.57. The van der Waals surface area contributed by atoms with Gasteiger partial charge in [0.2, 0.25) is 0 Å². The lowest BCUT2D eigenvalue weighted by Gasteiger charge is -2.08. The molecule has 0 saturated carbocycles. The van der Waals surface area contributed by atoms with E-state index in [-0.39, 0.29) is 17.9 Å². The van der Waals surface area contributed by atoms with Gasteiger partial charge in [-0.05, 0) is 42.0 Å². The first-order chi connectivity index (χ1) is 12.0. The zero-order chi connectivity index (χ0) is 17.8. The zero-order valence-electron chi connectivity index (χ0n) is 12.8. The molecule has 5 nitrogen and oxygen atoms in total. The summed E-state index contributed by atoms with van der Waals surface area (Å²) in [5.41, 5.74) is 1.22. The summed E-state index contributed by atoms with van der Waals surface area (Å²) >= 11 is 0. The lowest BCUT2D eigenvalue weighted by Crippen LogP contribution is -2.23. The fraction of sp³-hybridized carbons (Fsp3) is 0.118. The highest BCUT2D eigenvalue weighted by atomic mass is 19.3. The molecule has 0 aliphatic carbocycles. The summed E-state index contributed by atoms with van der Waals surface area (Å²) in [6, 6.07) is 10.00. The van der Waals surface area contributed by atoms with Gasteiger partial charge in [0, 0.05) is 17.8 Å². The van der Waals surface area contributed by atoms with Gasteiger partial charge in [-0.2, -0.15) is 13.9 Å². The summed E-state index contributed by atoms with van der Waals surface area (Å²) in [5, 5.41) is 4.22. The van der Waals surface area contributed by atoms with Gasteiger partial charge in [-0.1, -0.05) is 0 Å². The molecule has 0 aliphatic rings. The highest BCUT2D eigenvalue weighted by Crippen LogP contribution is 2.21. The number of aromatic nitrogens is 3. The Morgan fingerprint density at radius 1 is 1.08 bits per heavy atom. The Morgan fingerprint density at radius 3 is 2.52 bits per heavy atom. The third kappa shape index (κ3) is 4.23. The van der Waals surface area contributed by atoms with E-state index in [9.17, 15) is 18.0 Å². The Morgan fingerprint density at radius 2 is 1.84 bits per heavy atom. The van der Waals surface area contributed by atoms with Gasteiger partial charge in [-0.25, -0.2) is 9.07 Å². The minimum absolute atomic E-state index is 0.0258. The molecule has 0 spiro atoms. The number of nitrogens with zero attached hydrogens (tertiary/aromatic N) is 3. The largest absolute Gasteiger partial charge is 0.435 e. The van der Waals surface area contributed by atoms with Gasteiger partial charge in [0.05, 0.1) is 18.4 Å². The van der Waals surface area contributed by atoms with Crippen molar-refractivity contribution in [1.82, 2.24) is 14.8 Å². The minimum Gasteiger partial charge on any atom is -0.435 e. The maximum absolute atomic E-state index is 13.2. The van der Waals surface area contributed by atoms with E-state index < -0.39 is 12.4 Å². The van der Waals surface area contributed by atoms with Gasteiger partial charge >= 0.3 is 6.61 Å². The van der Waals surface area contributed by atoms with Crippen molar-refractivity contribution in [2.24, 2.45) is 0 Å². The van der Waals surface area contributed by atoms with Crippen molar-refractivity contribution >= 4 is 0 Å². The molecule has 8 heteroatoms. The predicted octanol–water partition coefficient (Wildman–Crippen LogP) is 3.09. The zero-order valence-corrected chi connectivity index (χ0v) is 12.8. The molecule has 0 bridgehead atoms. The quantitative estimate of drug-likeness (QED) is 0.712. The van der Waals surface area contributed by atoms with Crippen LogP contribution in [0.4, 0.5) is 13.2 Å². The molecule has 3 aromatic rings. The summed E-state index contributed by atoms with van der Waals surface area (Å²) in [4.78, 5) is 15.7. The second-order valence-corrected chi connectivity index (χ2v) is 5.13. The molecule has 25 heavy (non-hydrogen) atoms. The van der Waals surface area contributed by atoms with Crippen LogP contribution in [0.1, 0.15) is 5.56 Å². The molecule has 0 fully saturated rings. The predicted molar refractivity (Wildman–Crippen MR) is 83.9 cm³/mol. The molecule has 2 heterocycles. The smallest absolute Gasteiger partial charge is 0.387 e. The van der Waals surface area contributed by atoms with Crippen molar-refractivity contribution in [2.75, 3.05) is 0 Å². The van der Waals surface area contributed by atoms with E-state index in [0.717, 1.165) is 6.20 Å². The fourth-order valence-corrected chi connectivity index (χ4v) is 2.24. The Hall–Kier alpha value is -3.16. The monoisotopic (exact) mass is 347 g/mol. The first-order valence-electron chi connectivity index (χ1n) is 7.24. The number of benzene rings is 1. The van der Waals surface area contributed by atoms with Crippen LogP contribution < -0.4 is 10.3 Å². The van der Waals surface area contributed by atoms with Crippen LogP contribution in [0.2, 0.25) is 0 Å². The van der Waals surface area contributed by atoms with Crippen molar-refractivity contribution in [3.05, 3.63) is 76.6 Å². The number of ether oxygens (including phenoxy) is 1. The van der Waals surface area contributed by atoms with Crippen LogP contribution in [-0.4, -0.2) is 21.4 Å². The van der Waals surface area contributed by atoms with Crippen LogP contribution in [0.3, 0.4) is 0 Å². The van der Waals surface area contributed by atoms with Crippen LogP contribution in [0.5, 0.6) is 5.75 Å². The summed E-state index contributed by atoms with van der Waals surface area (Å²) in [6.07, 6.45) is 2.51. The number of hydrogen-bond donors (Lipinski definition) is 0. The lowest BCUT2D eigenvalue weighted by atomic mass is 10.1. The van der Waals surface area contributed by atoms with Crippen molar-refractivity contribution in [3.63, 3.8) is 0 Å². The number of pyridine rings is 1. The van der Waals surface area contributed by atoms with Crippen molar-refractivity contribution in [2.45, 2.75) is 13.2 Å². The summed E-state index contributed by atoms with van der Waals surface area (Å²) < 4.78 is 43.0. The second kappa shape index (κ2) is 7.16. The Balaban J connectivity index is 1.87. The third-order valence-electron chi connectivity index (χ3n) is 3.34. The molecule has 1 aromatic carbocycles. The number of alkyl halides is 2. The molecular formula is C17H12F3N3O2. The normalized spacial score (nSPS) is 10.9. The topological polar surface area (TPSA) is 57.0 Å². The molecule has 0 atom stereocenters. The van der Waals surface area contributed by atoms with E-state index in [4.69, 9.17) is 0 Å². The maximum atomic E-state index is 13.2. The minimum atomic E-state index is -2.90. The van der Waals surface area contributed by atoms with Gasteiger partial charge in [0.1, 0.15) is 11.6 Å². The second-order valence-electron chi connectivity index (χ2n) is 5.13. The Labute approximate surface area is 140 Å². The van der Waals surface area contributed by atoms with E-state index in [0.29, 0.717) is 16.8 Å². The van der Waals surface area contributed by atoms with Crippen LogP contribution in [0.15, 0.2) is 59.7 Å². The molecule has 0 N–H and O–H groups in total. The molecule has 0 aliphatic heterocycles. The lowest BCUT2D eigenvalue weighted by molar-refractivity contribution is -0.0498. The van der Waals surface area contributed by atoms with Gasteiger partial charge in [-0.15, -0.1) is 0 Å². The van der Waals surface area contributed by atoms with E-state index >= 15 is 0 Å². The Kier molecular flexibility index (Phi) is 4.78. The molecule has 0 radical (unpaired) electrons. The van der Waals surface area contributed by atoms with E-state index in [1.165, 1.54) is 41.2 Å². The number of halogens is 3. The van der Waals surface area contributed by atoms with Crippen LogP contribution in [0, 0.1) is 5.82 Å². The molecule has 2 aromatic heterocycles. The average molecular weight is 347 g/mol. The fourth-order valence-electron chi connectivity index (χ4n) is 2.24. The van der Waals surface area contributed by atoms with Gasteiger partial charge in [0.25, 0.3) is 5.56 Å². The van der Waals surface area contributed by atoms with Crippen LogP contribution >= 0.6 is 0 Å². The molecule has 0 unspecified atom stereocenters. The summed E-state index contributed by atoms with van der Waals surface area (Å²) in [5.74, 6) is -0.478. The molecular weight excluding hydrogens is 335 g/mol. The Bertz CT molecular complexity index is 927. The van der Waals surface area contributed by atoms with E-state index in [1.54, 1.807) is 12.1 Å². The van der Waals surface area contributed by atoms with Crippen LogP contribution in [0.25, 0.3) is 11.3 Å². The first-order valence-corrected chi connectivity index (χ1v) is 7.24. The highest BCUT2D eigenvalue weighted by molar-refractivity contribution is 5.59. The molecule has 3 rings (SSSR count).